The van der Waals surface area contributed by atoms with Crippen LogP contribution in [0.25, 0.3) is 0 Å². The highest BCUT2D eigenvalue weighted by atomic mass is 16.5. The van der Waals surface area contributed by atoms with Crippen LogP contribution in [-0.2, 0) is 24.3 Å². The van der Waals surface area contributed by atoms with Crippen molar-refractivity contribution in [3.05, 3.63) is 65.5 Å². The highest BCUT2D eigenvalue weighted by Crippen LogP contribution is 2.06. The molecule has 0 saturated heterocycles. The number of pyridine rings is 1. The predicted octanol–water partition coefficient (Wildman–Crippen LogP) is 2.56. The fourth-order valence-electron chi connectivity index (χ4n) is 2.01. The van der Waals surface area contributed by atoms with E-state index >= 15 is 0 Å². The third-order valence-electron chi connectivity index (χ3n) is 2.94. The largest absolute Gasteiger partial charge is 0.380 e. The van der Waals surface area contributed by atoms with Crippen LogP contribution in [0.1, 0.15) is 16.7 Å². The van der Waals surface area contributed by atoms with Gasteiger partial charge in [-0.05, 0) is 35.7 Å². The van der Waals surface area contributed by atoms with Gasteiger partial charge in [-0.25, -0.2) is 0 Å². The molecule has 0 spiro atoms. The van der Waals surface area contributed by atoms with E-state index in [1.54, 1.807) is 13.3 Å². The highest BCUT2D eigenvalue weighted by Gasteiger charge is 1.96. The lowest BCUT2D eigenvalue weighted by atomic mass is 10.1. The van der Waals surface area contributed by atoms with Crippen molar-refractivity contribution in [1.82, 2.24) is 10.3 Å². The molecular weight excluding hydrogens is 236 g/mol. The number of hydrogen-bond acceptors (Lipinski definition) is 3. The SMILES string of the molecule is COCc1cccc(CNCCc2cccnc2)c1. The molecule has 0 aliphatic rings. The van der Waals surface area contributed by atoms with Gasteiger partial charge in [0, 0.05) is 26.0 Å². The van der Waals surface area contributed by atoms with Gasteiger partial charge in [-0.1, -0.05) is 30.3 Å². The van der Waals surface area contributed by atoms with Crippen LogP contribution in [0.5, 0.6) is 0 Å². The second kappa shape index (κ2) is 7.67. The Morgan fingerprint density at radius 2 is 1.95 bits per heavy atom. The summed E-state index contributed by atoms with van der Waals surface area (Å²) in [5.41, 5.74) is 3.78. The van der Waals surface area contributed by atoms with Crippen LogP contribution in [0.2, 0.25) is 0 Å². The summed E-state index contributed by atoms with van der Waals surface area (Å²) >= 11 is 0. The van der Waals surface area contributed by atoms with E-state index in [9.17, 15) is 0 Å². The van der Waals surface area contributed by atoms with Gasteiger partial charge in [-0.15, -0.1) is 0 Å². The Morgan fingerprint density at radius 1 is 1.11 bits per heavy atom. The molecule has 1 aromatic carbocycles. The lowest BCUT2D eigenvalue weighted by molar-refractivity contribution is 0.185. The molecule has 3 heteroatoms. The van der Waals surface area contributed by atoms with Crippen LogP contribution >= 0.6 is 0 Å². The minimum atomic E-state index is 0.670. The van der Waals surface area contributed by atoms with Gasteiger partial charge in [0.15, 0.2) is 0 Å². The third kappa shape index (κ3) is 4.81. The highest BCUT2D eigenvalue weighted by molar-refractivity contribution is 5.22. The average Bonchev–Trinajstić information content (AvgIpc) is 2.46. The Morgan fingerprint density at radius 3 is 2.74 bits per heavy atom. The van der Waals surface area contributed by atoms with Crippen LogP contribution in [0.4, 0.5) is 0 Å². The van der Waals surface area contributed by atoms with Crippen molar-refractivity contribution in [2.45, 2.75) is 19.6 Å². The van der Waals surface area contributed by atoms with Crippen molar-refractivity contribution in [3.63, 3.8) is 0 Å². The van der Waals surface area contributed by atoms with Crippen molar-refractivity contribution in [2.75, 3.05) is 13.7 Å². The van der Waals surface area contributed by atoms with Crippen LogP contribution in [0.15, 0.2) is 48.8 Å². The first-order valence-electron chi connectivity index (χ1n) is 6.55. The molecule has 1 aromatic heterocycles. The number of aromatic nitrogens is 1. The predicted molar refractivity (Wildman–Crippen MR) is 76.8 cm³/mol. The van der Waals surface area contributed by atoms with E-state index in [-0.39, 0.29) is 0 Å². The lowest BCUT2D eigenvalue weighted by Gasteiger charge is -2.07. The van der Waals surface area contributed by atoms with E-state index < -0.39 is 0 Å². The van der Waals surface area contributed by atoms with E-state index in [2.05, 4.69) is 40.6 Å². The maximum absolute atomic E-state index is 5.14. The summed E-state index contributed by atoms with van der Waals surface area (Å²) in [5, 5.41) is 3.45. The smallest absolute Gasteiger partial charge is 0.0713 e. The Hall–Kier alpha value is -1.71. The summed E-state index contributed by atoms with van der Waals surface area (Å²) in [6.07, 6.45) is 4.73. The molecule has 0 unspecified atom stereocenters. The molecular formula is C16H20N2O. The molecule has 0 amide bonds. The number of methoxy groups -OCH3 is 1. The molecule has 100 valence electrons. The van der Waals surface area contributed by atoms with E-state index in [1.807, 2.05) is 12.3 Å². The number of hydrogen-bond donors (Lipinski definition) is 1. The Balaban J connectivity index is 1.75. The maximum Gasteiger partial charge on any atom is 0.0713 e. The molecule has 0 aliphatic heterocycles. The molecule has 2 rings (SSSR count). The van der Waals surface area contributed by atoms with Crippen molar-refractivity contribution in [1.29, 1.82) is 0 Å². The van der Waals surface area contributed by atoms with Crippen LogP contribution < -0.4 is 5.32 Å². The van der Waals surface area contributed by atoms with Gasteiger partial charge in [0.25, 0.3) is 0 Å². The quantitative estimate of drug-likeness (QED) is 0.773. The maximum atomic E-state index is 5.14. The van der Waals surface area contributed by atoms with E-state index in [4.69, 9.17) is 4.74 Å². The summed E-state index contributed by atoms with van der Waals surface area (Å²) in [5.74, 6) is 0. The molecule has 0 saturated carbocycles. The Kier molecular flexibility index (Phi) is 5.53. The summed E-state index contributed by atoms with van der Waals surface area (Å²) < 4.78 is 5.14. The minimum absolute atomic E-state index is 0.670. The van der Waals surface area contributed by atoms with Crippen molar-refractivity contribution in [3.8, 4) is 0 Å². The van der Waals surface area contributed by atoms with E-state index in [0.29, 0.717) is 6.61 Å². The summed E-state index contributed by atoms with van der Waals surface area (Å²) in [7, 11) is 1.72. The van der Waals surface area contributed by atoms with Gasteiger partial charge in [0.05, 0.1) is 6.61 Å². The fourth-order valence-corrected chi connectivity index (χ4v) is 2.01. The first kappa shape index (κ1) is 13.7. The molecule has 1 N–H and O–H groups in total. The Bertz CT molecular complexity index is 485. The summed E-state index contributed by atoms with van der Waals surface area (Å²) in [6, 6.07) is 12.6. The standard InChI is InChI=1S/C16H20N2O/c1-19-13-16-5-2-4-15(10-16)12-18-9-7-14-6-3-8-17-11-14/h2-6,8,10-11,18H,7,9,12-13H2,1H3. The van der Waals surface area contributed by atoms with Gasteiger partial charge in [-0.3, -0.25) is 4.98 Å². The molecule has 0 atom stereocenters. The zero-order chi connectivity index (χ0) is 13.3. The minimum Gasteiger partial charge on any atom is -0.380 e. The van der Waals surface area contributed by atoms with Crippen LogP contribution in [-0.4, -0.2) is 18.6 Å². The molecule has 19 heavy (non-hydrogen) atoms. The topological polar surface area (TPSA) is 34.1 Å². The van der Waals surface area contributed by atoms with Gasteiger partial charge in [0.2, 0.25) is 0 Å². The monoisotopic (exact) mass is 256 g/mol. The second-order valence-corrected chi connectivity index (χ2v) is 4.54. The van der Waals surface area contributed by atoms with E-state index in [0.717, 1.165) is 19.5 Å². The van der Waals surface area contributed by atoms with Crippen molar-refractivity contribution < 1.29 is 4.74 Å². The zero-order valence-corrected chi connectivity index (χ0v) is 11.3. The summed E-state index contributed by atoms with van der Waals surface area (Å²) in [4.78, 5) is 4.11. The van der Waals surface area contributed by atoms with Gasteiger partial charge in [0.1, 0.15) is 0 Å². The molecule has 1 heterocycles. The molecule has 3 nitrogen and oxygen atoms in total. The lowest BCUT2D eigenvalue weighted by Crippen LogP contribution is -2.16. The average molecular weight is 256 g/mol. The molecule has 2 aromatic rings. The molecule has 0 fully saturated rings. The number of benzene rings is 1. The first-order chi connectivity index (χ1) is 9.38. The zero-order valence-electron chi connectivity index (χ0n) is 11.3. The normalized spacial score (nSPS) is 10.6. The van der Waals surface area contributed by atoms with Crippen molar-refractivity contribution in [2.24, 2.45) is 0 Å². The van der Waals surface area contributed by atoms with Gasteiger partial charge < -0.3 is 10.1 Å². The third-order valence-corrected chi connectivity index (χ3v) is 2.94. The first-order valence-corrected chi connectivity index (χ1v) is 6.55. The van der Waals surface area contributed by atoms with Crippen LogP contribution in [0, 0.1) is 0 Å². The van der Waals surface area contributed by atoms with E-state index in [1.165, 1.54) is 16.7 Å². The molecule has 0 bridgehead atoms. The van der Waals surface area contributed by atoms with Crippen LogP contribution in [0.3, 0.4) is 0 Å². The second-order valence-electron chi connectivity index (χ2n) is 4.54. The Labute approximate surface area is 114 Å². The van der Waals surface area contributed by atoms with Gasteiger partial charge in [-0.2, -0.15) is 0 Å². The van der Waals surface area contributed by atoms with Gasteiger partial charge >= 0.3 is 0 Å². The molecule has 0 radical (unpaired) electrons. The number of rotatable bonds is 7. The van der Waals surface area contributed by atoms with Crippen molar-refractivity contribution >= 4 is 0 Å². The molecule has 0 aliphatic carbocycles. The fraction of sp³-hybridized carbons (Fsp3) is 0.312. The number of nitrogens with zero attached hydrogens (tertiary/aromatic N) is 1. The number of ether oxygens (including phenoxy) is 1. The number of nitrogens with one attached hydrogen (secondary N) is 1. The summed E-state index contributed by atoms with van der Waals surface area (Å²) in [6.45, 7) is 2.52.